The van der Waals surface area contributed by atoms with Crippen LogP contribution in [0.2, 0.25) is 0 Å². The Morgan fingerprint density at radius 3 is 2.58 bits per heavy atom. The van der Waals surface area contributed by atoms with Crippen LogP contribution in [0.5, 0.6) is 0 Å². The molecule has 1 aliphatic heterocycles. The maximum absolute atomic E-state index is 12.9. The lowest BCUT2D eigenvalue weighted by Gasteiger charge is -2.38. The van der Waals surface area contributed by atoms with Crippen molar-refractivity contribution in [3.63, 3.8) is 0 Å². The average molecular weight is 269 g/mol. The van der Waals surface area contributed by atoms with Gasteiger partial charge in [-0.15, -0.1) is 0 Å². The highest BCUT2D eigenvalue weighted by Crippen LogP contribution is 2.10. The van der Waals surface area contributed by atoms with Crippen LogP contribution >= 0.6 is 0 Å². The van der Waals surface area contributed by atoms with Gasteiger partial charge in [0, 0.05) is 13.1 Å². The number of carbonyl (C=O) groups is 2. The molecule has 3 N–H and O–H groups in total. The molecule has 0 saturated carbocycles. The fourth-order valence-corrected chi connectivity index (χ4v) is 1.86. The van der Waals surface area contributed by atoms with Crippen molar-refractivity contribution in [1.82, 2.24) is 10.2 Å². The molecule has 0 aliphatic carbocycles. The summed E-state index contributed by atoms with van der Waals surface area (Å²) >= 11 is 0. The number of hydrogen-bond acceptors (Lipinski definition) is 2. The first-order valence-electron chi connectivity index (χ1n) is 5.73. The molecule has 1 aliphatic rings. The van der Waals surface area contributed by atoms with Crippen molar-refractivity contribution < 1.29 is 18.4 Å². The first-order chi connectivity index (χ1) is 8.95. The van der Waals surface area contributed by atoms with Gasteiger partial charge in [0.1, 0.15) is 0 Å². The minimum Gasteiger partial charge on any atom is -0.351 e. The highest BCUT2D eigenvalue weighted by molar-refractivity contribution is 5.79. The molecule has 2 rings (SSSR count). The summed E-state index contributed by atoms with van der Waals surface area (Å²) in [7, 11) is 0. The van der Waals surface area contributed by atoms with Gasteiger partial charge in [0.25, 0.3) is 0 Å². The molecule has 0 atom stereocenters. The number of halogens is 2. The SMILES string of the molecule is NC(=O)N1CC(NC(=O)Cc2ccc(F)c(F)c2)C1. The number of amides is 3. The van der Waals surface area contributed by atoms with Gasteiger partial charge in [-0.3, -0.25) is 4.79 Å². The highest BCUT2D eigenvalue weighted by Gasteiger charge is 2.30. The van der Waals surface area contributed by atoms with Crippen LogP contribution in [-0.4, -0.2) is 36.0 Å². The van der Waals surface area contributed by atoms with E-state index in [0.29, 0.717) is 18.7 Å². The Labute approximate surface area is 108 Å². The molecule has 7 heteroatoms. The summed E-state index contributed by atoms with van der Waals surface area (Å²) < 4.78 is 25.6. The topological polar surface area (TPSA) is 75.4 Å². The molecular weight excluding hydrogens is 256 g/mol. The minimum atomic E-state index is -0.978. The zero-order valence-corrected chi connectivity index (χ0v) is 10.0. The zero-order chi connectivity index (χ0) is 14.0. The third kappa shape index (κ3) is 3.18. The number of urea groups is 1. The molecule has 1 heterocycles. The molecule has 0 radical (unpaired) electrons. The third-order valence-corrected chi connectivity index (χ3v) is 2.91. The molecular formula is C12H13F2N3O2. The van der Waals surface area contributed by atoms with Crippen LogP contribution < -0.4 is 11.1 Å². The molecule has 1 aromatic carbocycles. The molecule has 19 heavy (non-hydrogen) atoms. The number of nitrogens with zero attached hydrogens (tertiary/aromatic N) is 1. The molecule has 0 bridgehead atoms. The van der Waals surface area contributed by atoms with Crippen LogP contribution in [-0.2, 0) is 11.2 Å². The predicted octanol–water partition coefficient (Wildman–Crippen LogP) is 0.386. The lowest BCUT2D eigenvalue weighted by molar-refractivity contribution is -0.122. The molecule has 1 saturated heterocycles. The summed E-state index contributed by atoms with van der Waals surface area (Å²) in [6.07, 6.45) is -0.0374. The van der Waals surface area contributed by atoms with Gasteiger partial charge >= 0.3 is 6.03 Å². The van der Waals surface area contributed by atoms with Crippen molar-refractivity contribution in [3.8, 4) is 0 Å². The monoisotopic (exact) mass is 269 g/mol. The van der Waals surface area contributed by atoms with Gasteiger partial charge in [-0.25, -0.2) is 13.6 Å². The Morgan fingerprint density at radius 1 is 1.32 bits per heavy atom. The van der Waals surface area contributed by atoms with Crippen molar-refractivity contribution in [2.24, 2.45) is 5.73 Å². The van der Waals surface area contributed by atoms with Crippen LogP contribution in [0.1, 0.15) is 5.56 Å². The lowest BCUT2D eigenvalue weighted by atomic mass is 10.1. The van der Waals surface area contributed by atoms with E-state index in [2.05, 4.69) is 5.32 Å². The first kappa shape index (κ1) is 13.3. The minimum absolute atomic E-state index is 0.0374. The van der Waals surface area contributed by atoms with Crippen molar-refractivity contribution in [2.75, 3.05) is 13.1 Å². The molecule has 1 aromatic rings. The summed E-state index contributed by atoms with van der Waals surface area (Å²) in [5, 5.41) is 2.68. The molecule has 3 amide bonds. The van der Waals surface area contributed by atoms with Crippen LogP contribution in [0, 0.1) is 11.6 Å². The van der Waals surface area contributed by atoms with Crippen LogP contribution in [0.25, 0.3) is 0 Å². The van der Waals surface area contributed by atoms with Gasteiger partial charge in [0.05, 0.1) is 12.5 Å². The normalized spacial score (nSPS) is 14.9. The second-order valence-corrected chi connectivity index (χ2v) is 4.43. The van der Waals surface area contributed by atoms with Gasteiger partial charge in [0.15, 0.2) is 11.6 Å². The summed E-state index contributed by atoms with van der Waals surface area (Å²) in [5.74, 6) is -2.23. The number of hydrogen-bond donors (Lipinski definition) is 2. The second kappa shape index (κ2) is 5.21. The van der Waals surface area contributed by atoms with Gasteiger partial charge in [-0.05, 0) is 17.7 Å². The molecule has 0 unspecified atom stereocenters. The summed E-state index contributed by atoms with van der Waals surface area (Å²) in [5.41, 5.74) is 5.43. The van der Waals surface area contributed by atoms with E-state index in [1.54, 1.807) is 0 Å². The summed E-state index contributed by atoms with van der Waals surface area (Å²) in [6.45, 7) is 0.748. The number of likely N-dealkylation sites (tertiary alicyclic amines) is 1. The van der Waals surface area contributed by atoms with E-state index in [1.165, 1.54) is 11.0 Å². The highest BCUT2D eigenvalue weighted by atomic mass is 19.2. The maximum Gasteiger partial charge on any atom is 0.314 e. The van der Waals surface area contributed by atoms with E-state index in [1.807, 2.05) is 0 Å². The zero-order valence-electron chi connectivity index (χ0n) is 10.0. The fourth-order valence-electron chi connectivity index (χ4n) is 1.86. The van der Waals surface area contributed by atoms with Gasteiger partial charge < -0.3 is 16.0 Å². The Balaban J connectivity index is 1.82. The molecule has 1 fully saturated rings. The number of nitrogens with two attached hydrogens (primary N) is 1. The smallest absolute Gasteiger partial charge is 0.314 e. The summed E-state index contributed by atoms with van der Waals surface area (Å²) in [4.78, 5) is 23.7. The largest absolute Gasteiger partial charge is 0.351 e. The Bertz CT molecular complexity index is 516. The van der Waals surface area contributed by atoms with Crippen molar-refractivity contribution in [3.05, 3.63) is 35.4 Å². The number of nitrogens with one attached hydrogen (secondary N) is 1. The number of primary amides is 1. The van der Waals surface area contributed by atoms with Gasteiger partial charge in [0.2, 0.25) is 5.91 Å². The van der Waals surface area contributed by atoms with Crippen molar-refractivity contribution in [1.29, 1.82) is 0 Å². The molecule has 5 nitrogen and oxygen atoms in total. The van der Waals surface area contributed by atoms with Crippen molar-refractivity contribution >= 4 is 11.9 Å². The molecule has 0 aromatic heterocycles. The van der Waals surface area contributed by atoms with Crippen LogP contribution in [0.4, 0.5) is 13.6 Å². The van der Waals surface area contributed by atoms with Gasteiger partial charge in [-0.1, -0.05) is 6.07 Å². The Morgan fingerprint density at radius 2 is 2.00 bits per heavy atom. The van der Waals surface area contributed by atoms with E-state index in [0.717, 1.165) is 12.1 Å². The quantitative estimate of drug-likeness (QED) is 0.832. The molecule has 102 valence electrons. The third-order valence-electron chi connectivity index (χ3n) is 2.91. The number of rotatable bonds is 3. The van der Waals surface area contributed by atoms with E-state index in [-0.39, 0.29) is 18.4 Å². The molecule has 0 spiro atoms. The standard InChI is InChI=1S/C12H13F2N3O2/c13-9-2-1-7(3-10(9)14)4-11(18)16-8-5-17(6-8)12(15)19/h1-3,8H,4-6H2,(H2,15,19)(H,16,18). The van der Waals surface area contributed by atoms with Crippen molar-refractivity contribution in [2.45, 2.75) is 12.5 Å². The number of benzene rings is 1. The maximum atomic E-state index is 12.9. The van der Waals surface area contributed by atoms with Crippen LogP contribution in [0.15, 0.2) is 18.2 Å². The second-order valence-electron chi connectivity index (χ2n) is 4.43. The van der Waals surface area contributed by atoms with E-state index in [9.17, 15) is 18.4 Å². The number of carbonyl (C=O) groups excluding carboxylic acids is 2. The summed E-state index contributed by atoms with van der Waals surface area (Å²) in [6, 6.07) is 2.67. The Kier molecular flexibility index (Phi) is 3.64. The van der Waals surface area contributed by atoms with E-state index >= 15 is 0 Å². The van der Waals surface area contributed by atoms with E-state index < -0.39 is 17.7 Å². The van der Waals surface area contributed by atoms with Crippen LogP contribution in [0.3, 0.4) is 0 Å². The fraction of sp³-hybridized carbons (Fsp3) is 0.333. The predicted molar refractivity (Wildman–Crippen MR) is 63.1 cm³/mol. The van der Waals surface area contributed by atoms with Gasteiger partial charge in [-0.2, -0.15) is 0 Å². The average Bonchev–Trinajstić information content (AvgIpc) is 2.27. The van der Waals surface area contributed by atoms with E-state index in [4.69, 9.17) is 5.73 Å². The lowest BCUT2D eigenvalue weighted by Crippen LogP contribution is -2.62. The Hall–Kier alpha value is -2.18. The first-order valence-corrected chi connectivity index (χ1v) is 5.73.